The third kappa shape index (κ3) is 3.71. The van der Waals surface area contributed by atoms with Crippen molar-refractivity contribution in [3.8, 4) is 0 Å². The fraction of sp³-hybridized carbons (Fsp3) is 0.455. The molecule has 0 bridgehead atoms. The summed E-state index contributed by atoms with van der Waals surface area (Å²) >= 11 is 1.39. The molecule has 1 saturated heterocycles. The van der Waals surface area contributed by atoms with Gasteiger partial charge in [-0.15, -0.1) is 11.3 Å². The Labute approximate surface area is 169 Å². The highest BCUT2D eigenvalue weighted by atomic mass is 32.1. The first-order chi connectivity index (χ1) is 13.6. The minimum Gasteiger partial charge on any atom is -0.336 e. The third-order valence-electron chi connectivity index (χ3n) is 5.99. The van der Waals surface area contributed by atoms with Crippen LogP contribution in [0.25, 0.3) is 0 Å². The molecule has 28 heavy (non-hydrogen) atoms. The number of benzene rings is 1. The molecule has 148 valence electrons. The Morgan fingerprint density at radius 1 is 1.21 bits per heavy atom. The van der Waals surface area contributed by atoms with Crippen molar-refractivity contribution in [3.05, 3.63) is 51.9 Å². The molecule has 2 aliphatic rings. The highest BCUT2D eigenvalue weighted by Gasteiger charge is 2.33. The van der Waals surface area contributed by atoms with E-state index in [0.29, 0.717) is 35.1 Å². The van der Waals surface area contributed by atoms with Gasteiger partial charge in [-0.1, -0.05) is 6.07 Å². The lowest BCUT2D eigenvalue weighted by Crippen LogP contribution is -2.34. The highest BCUT2D eigenvalue weighted by molar-refractivity contribution is 7.14. The SMILES string of the molecule is CC1CC(CN)CN1C(=O)c1ccsc1NC(=O)c1ccc2c(c1)CCCC2. The van der Waals surface area contributed by atoms with Crippen molar-refractivity contribution in [1.82, 2.24) is 4.90 Å². The molecular formula is C22H27N3O2S. The topological polar surface area (TPSA) is 75.4 Å². The van der Waals surface area contributed by atoms with Crippen molar-refractivity contribution < 1.29 is 9.59 Å². The fourth-order valence-corrected chi connectivity index (χ4v) is 5.15. The monoisotopic (exact) mass is 397 g/mol. The number of fused-ring (bicyclic) bond motifs is 1. The van der Waals surface area contributed by atoms with Crippen LogP contribution in [0.1, 0.15) is 58.0 Å². The smallest absolute Gasteiger partial charge is 0.257 e. The largest absolute Gasteiger partial charge is 0.336 e. The molecular weight excluding hydrogens is 370 g/mol. The van der Waals surface area contributed by atoms with Crippen molar-refractivity contribution in [3.63, 3.8) is 0 Å². The van der Waals surface area contributed by atoms with Gasteiger partial charge in [0.15, 0.2) is 0 Å². The second-order valence-corrected chi connectivity index (χ2v) is 8.87. The molecule has 6 heteroatoms. The van der Waals surface area contributed by atoms with Gasteiger partial charge in [0, 0.05) is 18.2 Å². The minimum atomic E-state index is -0.154. The lowest BCUT2D eigenvalue weighted by molar-refractivity contribution is 0.0745. The van der Waals surface area contributed by atoms with Gasteiger partial charge in [0.1, 0.15) is 5.00 Å². The maximum Gasteiger partial charge on any atom is 0.257 e. The van der Waals surface area contributed by atoms with E-state index in [-0.39, 0.29) is 17.9 Å². The molecule has 0 spiro atoms. The van der Waals surface area contributed by atoms with Gasteiger partial charge < -0.3 is 16.0 Å². The van der Waals surface area contributed by atoms with Gasteiger partial charge in [-0.05, 0) is 86.2 Å². The van der Waals surface area contributed by atoms with E-state index in [4.69, 9.17) is 5.73 Å². The molecule has 1 aromatic heterocycles. The van der Waals surface area contributed by atoms with Crippen LogP contribution >= 0.6 is 11.3 Å². The molecule has 1 fully saturated rings. The van der Waals surface area contributed by atoms with Crippen molar-refractivity contribution >= 4 is 28.2 Å². The van der Waals surface area contributed by atoms with Crippen LogP contribution in [0.2, 0.25) is 0 Å². The summed E-state index contributed by atoms with van der Waals surface area (Å²) in [6.45, 7) is 3.34. The Balaban J connectivity index is 1.50. The van der Waals surface area contributed by atoms with E-state index in [2.05, 4.69) is 18.3 Å². The molecule has 2 heterocycles. The summed E-state index contributed by atoms with van der Waals surface area (Å²) in [4.78, 5) is 27.7. The number of rotatable bonds is 4. The molecule has 0 radical (unpaired) electrons. The minimum absolute atomic E-state index is 0.0227. The van der Waals surface area contributed by atoms with Crippen molar-refractivity contribution in [1.29, 1.82) is 0 Å². The van der Waals surface area contributed by atoms with E-state index in [0.717, 1.165) is 19.3 Å². The number of aryl methyl sites for hydroxylation is 2. The molecule has 2 atom stereocenters. The summed E-state index contributed by atoms with van der Waals surface area (Å²) in [6.07, 6.45) is 5.47. The molecule has 4 rings (SSSR count). The van der Waals surface area contributed by atoms with E-state index in [1.807, 2.05) is 22.4 Å². The number of nitrogens with one attached hydrogen (secondary N) is 1. The van der Waals surface area contributed by atoms with Crippen LogP contribution in [0.15, 0.2) is 29.6 Å². The number of anilines is 1. The number of nitrogens with two attached hydrogens (primary N) is 1. The Morgan fingerprint density at radius 2 is 2.00 bits per heavy atom. The normalized spacial score (nSPS) is 21.4. The second-order valence-electron chi connectivity index (χ2n) is 7.95. The van der Waals surface area contributed by atoms with Crippen molar-refractivity contribution in [2.45, 2.75) is 45.1 Å². The zero-order chi connectivity index (χ0) is 19.7. The lowest BCUT2D eigenvalue weighted by atomic mass is 9.90. The third-order valence-corrected chi connectivity index (χ3v) is 6.82. The van der Waals surface area contributed by atoms with E-state index in [9.17, 15) is 9.59 Å². The van der Waals surface area contributed by atoms with Gasteiger partial charge in [0.25, 0.3) is 11.8 Å². The molecule has 2 aromatic rings. The van der Waals surface area contributed by atoms with Gasteiger partial charge in [-0.25, -0.2) is 0 Å². The van der Waals surface area contributed by atoms with E-state index >= 15 is 0 Å². The van der Waals surface area contributed by atoms with Crippen molar-refractivity contribution in [2.24, 2.45) is 11.7 Å². The summed E-state index contributed by atoms with van der Waals surface area (Å²) in [5.41, 5.74) is 9.65. The van der Waals surface area contributed by atoms with E-state index in [1.165, 1.54) is 35.3 Å². The van der Waals surface area contributed by atoms with E-state index in [1.54, 1.807) is 6.07 Å². The maximum atomic E-state index is 13.1. The number of hydrogen-bond acceptors (Lipinski definition) is 4. The first-order valence-electron chi connectivity index (χ1n) is 10.1. The molecule has 3 N–H and O–H groups in total. The summed E-state index contributed by atoms with van der Waals surface area (Å²) in [5.74, 6) is 0.177. The number of amides is 2. The van der Waals surface area contributed by atoms with Crippen LogP contribution < -0.4 is 11.1 Å². The van der Waals surface area contributed by atoms with Gasteiger partial charge in [0.05, 0.1) is 5.56 Å². The molecule has 2 amide bonds. The quantitative estimate of drug-likeness (QED) is 0.826. The highest BCUT2D eigenvalue weighted by Crippen LogP contribution is 2.30. The van der Waals surface area contributed by atoms with Crippen LogP contribution in [0, 0.1) is 5.92 Å². The second kappa shape index (κ2) is 8.05. The Morgan fingerprint density at radius 3 is 2.75 bits per heavy atom. The number of carbonyl (C=O) groups excluding carboxylic acids is 2. The van der Waals surface area contributed by atoms with Crippen LogP contribution in [0.3, 0.4) is 0 Å². The zero-order valence-corrected chi connectivity index (χ0v) is 17.1. The number of nitrogens with zero attached hydrogens (tertiary/aromatic N) is 1. The number of thiophene rings is 1. The molecule has 1 aromatic carbocycles. The van der Waals surface area contributed by atoms with Crippen LogP contribution in [-0.2, 0) is 12.8 Å². The summed E-state index contributed by atoms with van der Waals surface area (Å²) in [5, 5.41) is 5.44. The number of hydrogen-bond donors (Lipinski definition) is 2. The predicted octanol–water partition coefficient (Wildman–Crippen LogP) is 3.69. The van der Waals surface area contributed by atoms with Gasteiger partial charge >= 0.3 is 0 Å². The van der Waals surface area contributed by atoms with Crippen LogP contribution in [0.5, 0.6) is 0 Å². The summed E-state index contributed by atoms with van der Waals surface area (Å²) < 4.78 is 0. The van der Waals surface area contributed by atoms with E-state index < -0.39 is 0 Å². The Hall–Kier alpha value is -2.18. The molecule has 0 saturated carbocycles. The average Bonchev–Trinajstić information content (AvgIpc) is 3.33. The Kier molecular flexibility index (Phi) is 5.51. The number of carbonyl (C=O) groups is 2. The molecule has 1 aliphatic heterocycles. The van der Waals surface area contributed by atoms with Crippen molar-refractivity contribution in [2.75, 3.05) is 18.4 Å². The lowest BCUT2D eigenvalue weighted by Gasteiger charge is -2.22. The first kappa shape index (κ1) is 19.2. The van der Waals surface area contributed by atoms with Gasteiger partial charge in [-0.2, -0.15) is 0 Å². The molecule has 1 aliphatic carbocycles. The van der Waals surface area contributed by atoms with Gasteiger partial charge in [-0.3, -0.25) is 9.59 Å². The van der Waals surface area contributed by atoms with Gasteiger partial charge in [0.2, 0.25) is 0 Å². The Bertz CT molecular complexity index is 892. The predicted molar refractivity (Wildman–Crippen MR) is 113 cm³/mol. The zero-order valence-electron chi connectivity index (χ0n) is 16.2. The summed E-state index contributed by atoms with van der Waals surface area (Å²) in [6, 6.07) is 7.95. The molecule has 2 unspecified atom stereocenters. The van der Waals surface area contributed by atoms with Crippen LogP contribution in [-0.4, -0.2) is 35.8 Å². The maximum absolute atomic E-state index is 13.1. The first-order valence-corrected chi connectivity index (χ1v) is 11.0. The van der Waals surface area contributed by atoms with Crippen LogP contribution in [0.4, 0.5) is 5.00 Å². The fourth-order valence-electron chi connectivity index (χ4n) is 4.38. The number of likely N-dealkylation sites (tertiary alicyclic amines) is 1. The average molecular weight is 398 g/mol. The standard InChI is InChI=1S/C22H27N3O2S/c1-14-10-15(12-23)13-25(14)22(27)19-8-9-28-21(19)24-20(26)18-7-6-16-4-2-3-5-17(16)11-18/h6-9,11,14-15H,2-5,10,12-13,23H2,1H3,(H,24,26). The molecule has 5 nitrogen and oxygen atoms in total. The summed E-state index contributed by atoms with van der Waals surface area (Å²) in [7, 11) is 0.